The first-order chi connectivity index (χ1) is 8.97. The van der Waals surface area contributed by atoms with E-state index >= 15 is 0 Å². The Morgan fingerprint density at radius 2 is 2.05 bits per heavy atom. The molecule has 2 unspecified atom stereocenters. The number of benzene rings is 1. The maximum Gasteiger partial charge on any atom is 0.332 e. The van der Waals surface area contributed by atoms with E-state index in [2.05, 4.69) is 21.2 Å². The average Bonchev–Trinajstić information content (AvgIpc) is 2.82. The molecule has 1 aromatic rings. The van der Waals surface area contributed by atoms with E-state index in [9.17, 15) is 9.59 Å². The fourth-order valence-electron chi connectivity index (χ4n) is 1.82. The normalized spacial score (nSPS) is 22.2. The van der Waals surface area contributed by atoms with E-state index in [0.29, 0.717) is 28.0 Å². The molecule has 0 aromatic heterocycles. The standard InChI is InChI=1S/C12H11BrClNO4/c13-7-5-6(14)1-2-8(7)15-11(16)9-3-4-10(19-9)12(17)18/h1-2,5,9-10H,3-4H2,(H,15,16)(H,17,18). The number of hydrogen-bond acceptors (Lipinski definition) is 3. The number of anilines is 1. The molecule has 0 bridgehead atoms. The lowest BCUT2D eigenvalue weighted by Crippen LogP contribution is -2.30. The smallest absolute Gasteiger partial charge is 0.332 e. The predicted octanol–water partition coefficient (Wildman–Crippen LogP) is 2.67. The van der Waals surface area contributed by atoms with Gasteiger partial charge in [0.15, 0.2) is 6.10 Å². The maximum atomic E-state index is 11.9. The van der Waals surface area contributed by atoms with Crippen molar-refractivity contribution in [1.82, 2.24) is 0 Å². The summed E-state index contributed by atoms with van der Waals surface area (Å²) >= 11 is 9.09. The quantitative estimate of drug-likeness (QED) is 0.880. The van der Waals surface area contributed by atoms with E-state index in [0.717, 1.165) is 0 Å². The Morgan fingerprint density at radius 1 is 1.37 bits per heavy atom. The van der Waals surface area contributed by atoms with E-state index in [1.807, 2.05) is 0 Å². The monoisotopic (exact) mass is 347 g/mol. The highest BCUT2D eigenvalue weighted by atomic mass is 79.9. The van der Waals surface area contributed by atoms with Gasteiger partial charge in [-0.25, -0.2) is 4.79 Å². The zero-order valence-electron chi connectivity index (χ0n) is 9.73. The molecule has 0 saturated carbocycles. The van der Waals surface area contributed by atoms with Crippen molar-refractivity contribution in [3.8, 4) is 0 Å². The lowest BCUT2D eigenvalue weighted by atomic mass is 10.2. The van der Waals surface area contributed by atoms with Gasteiger partial charge in [-0.2, -0.15) is 0 Å². The van der Waals surface area contributed by atoms with Crippen molar-refractivity contribution in [2.24, 2.45) is 0 Å². The van der Waals surface area contributed by atoms with Crippen LogP contribution in [0.15, 0.2) is 22.7 Å². The molecule has 1 saturated heterocycles. The number of carboxylic acid groups (broad SMARTS) is 1. The lowest BCUT2D eigenvalue weighted by Gasteiger charge is -2.13. The van der Waals surface area contributed by atoms with Crippen LogP contribution in [0.2, 0.25) is 5.02 Å². The Hall–Kier alpha value is -1.11. The number of carbonyl (C=O) groups excluding carboxylic acids is 1. The second-order valence-corrected chi connectivity index (χ2v) is 5.43. The molecule has 102 valence electrons. The Bertz CT molecular complexity index is 522. The van der Waals surface area contributed by atoms with Crippen molar-refractivity contribution in [2.45, 2.75) is 25.0 Å². The number of rotatable bonds is 3. The maximum absolute atomic E-state index is 11.9. The minimum Gasteiger partial charge on any atom is -0.479 e. The zero-order chi connectivity index (χ0) is 14.0. The van der Waals surface area contributed by atoms with E-state index in [1.54, 1.807) is 18.2 Å². The molecule has 5 nitrogen and oxygen atoms in total. The molecule has 7 heteroatoms. The fraction of sp³-hybridized carbons (Fsp3) is 0.333. The van der Waals surface area contributed by atoms with Gasteiger partial charge in [0, 0.05) is 9.50 Å². The average molecular weight is 349 g/mol. The van der Waals surface area contributed by atoms with Crippen LogP contribution in [0.4, 0.5) is 5.69 Å². The number of halogens is 2. The highest BCUT2D eigenvalue weighted by Crippen LogP contribution is 2.27. The van der Waals surface area contributed by atoms with Gasteiger partial charge in [-0.1, -0.05) is 11.6 Å². The van der Waals surface area contributed by atoms with Gasteiger partial charge in [-0.3, -0.25) is 4.79 Å². The molecule has 1 heterocycles. The summed E-state index contributed by atoms with van der Waals surface area (Å²) in [5.74, 6) is -1.39. The molecule has 2 N–H and O–H groups in total. The first-order valence-corrected chi connectivity index (χ1v) is 6.78. The molecule has 1 amide bonds. The first-order valence-electron chi connectivity index (χ1n) is 5.61. The first kappa shape index (κ1) is 14.3. The molecular formula is C12H11BrClNO4. The van der Waals surface area contributed by atoms with Crippen LogP contribution in [-0.4, -0.2) is 29.2 Å². The molecule has 2 atom stereocenters. The molecule has 0 radical (unpaired) electrons. The van der Waals surface area contributed by atoms with Gasteiger partial charge in [0.05, 0.1) is 5.69 Å². The number of aliphatic carboxylic acids is 1. The molecule has 1 aliphatic heterocycles. The van der Waals surface area contributed by atoms with Gasteiger partial charge in [0.2, 0.25) is 0 Å². The van der Waals surface area contributed by atoms with Crippen LogP contribution in [0, 0.1) is 0 Å². The third-order valence-corrected chi connectivity index (χ3v) is 3.67. The van der Waals surface area contributed by atoms with Gasteiger partial charge in [-0.15, -0.1) is 0 Å². The molecule has 1 aliphatic rings. The Labute approximate surface area is 123 Å². The van der Waals surface area contributed by atoms with Crippen molar-refractivity contribution in [2.75, 3.05) is 5.32 Å². The number of carboxylic acids is 1. The summed E-state index contributed by atoms with van der Waals surface area (Å²) in [5, 5.41) is 12.0. The summed E-state index contributed by atoms with van der Waals surface area (Å²) in [6.07, 6.45) is -0.892. The SMILES string of the molecule is O=C(O)C1CCC(C(=O)Nc2ccc(Cl)cc2Br)O1. The minimum atomic E-state index is -1.04. The van der Waals surface area contributed by atoms with Crippen molar-refractivity contribution in [3.63, 3.8) is 0 Å². The van der Waals surface area contributed by atoms with Gasteiger partial charge < -0.3 is 15.2 Å². The van der Waals surface area contributed by atoms with Crippen LogP contribution in [0.5, 0.6) is 0 Å². The molecule has 0 aliphatic carbocycles. The van der Waals surface area contributed by atoms with Crippen LogP contribution < -0.4 is 5.32 Å². The van der Waals surface area contributed by atoms with Crippen molar-refractivity contribution in [3.05, 3.63) is 27.7 Å². The van der Waals surface area contributed by atoms with E-state index < -0.39 is 18.2 Å². The Kier molecular flexibility index (Phi) is 4.44. The van der Waals surface area contributed by atoms with Crippen LogP contribution in [0.25, 0.3) is 0 Å². The fourth-order valence-corrected chi connectivity index (χ4v) is 2.60. The number of ether oxygens (including phenoxy) is 1. The molecule has 1 fully saturated rings. The predicted molar refractivity (Wildman–Crippen MR) is 73.3 cm³/mol. The minimum absolute atomic E-state index is 0.342. The van der Waals surface area contributed by atoms with Gasteiger partial charge >= 0.3 is 5.97 Å². The summed E-state index contributed by atoms with van der Waals surface area (Å²) < 4.78 is 5.82. The van der Waals surface area contributed by atoms with E-state index in [4.69, 9.17) is 21.4 Å². The van der Waals surface area contributed by atoms with Gasteiger partial charge in [0.25, 0.3) is 5.91 Å². The van der Waals surface area contributed by atoms with Crippen LogP contribution in [0.3, 0.4) is 0 Å². The van der Waals surface area contributed by atoms with Gasteiger partial charge in [0.1, 0.15) is 6.10 Å². The number of nitrogens with one attached hydrogen (secondary N) is 1. The largest absolute Gasteiger partial charge is 0.479 e. The third-order valence-electron chi connectivity index (χ3n) is 2.78. The summed E-state index contributed by atoms with van der Waals surface area (Å²) in [7, 11) is 0. The lowest BCUT2D eigenvalue weighted by molar-refractivity contribution is -0.150. The highest BCUT2D eigenvalue weighted by Gasteiger charge is 2.34. The second kappa shape index (κ2) is 5.90. The summed E-state index contributed by atoms with van der Waals surface area (Å²) in [6.45, 7) is 0. The molecule has 2 rings (SSSR count). The Morgan fingerprint density at radius 3 is 2.63 bits per heavy atom. The van der Waals surface area contributed by atoms with E-state index in [-0.39, 0.29) is 5.91 Å². The summed E-state index contributed by atoms with van der Waals surface area (Å²) in [6, 6.07) is 4.97. The van der Waals surface area contributed by atoms with E-state index in [1.165, 1.54) is 0 Å². The summed E-state index contributed by atoms with van der Waals surface area (Å²) in [5.41, 5.74) is 0.566. The number of hydrogen-bond donors (Lipinski definition) is 2. The highest BCUT2D eigenvalue weighted by molar-refractivity contribution is 9.10. The van der Waals surface area contributed by atoms with Crippen LogP contribution >= 0.6 is 27.5 Å². The topological polar surface area (TPSA) is 75.6 Å². The molecular weight excluding hydrogens is 337 g/mol. The third kappa shape index (κ3) is 3.46. The molecule has 1 aromatic carbocycles. The van der Waals surface area contributed by atoms with Gasteiger partial charge in [-0.05, 0) is 47.0 Å². The summed E-state index contributed by atoms with van der Waals surface area (Å²) in [4.78, 5) is 22.7. The molecule has 0 spiro atoms. The molecule has 19 heavy (non-hydrogen) atoms. The Balaban J connectivity index is 2.00. The van der Waals surface area contributed by atoms with Crippen LogP contribution in [0.1, 0.15) is 12.8 Å². The van der Waals surface area contributed by atoms with Crippen molar-refractivity contribution < 1.29 is 19.4 Å². The zero-order valence-corrected chi connectivity index (χ0v) is 12.1. The van der Waals surface area contributed by atoms with Crippen LogP contribution in [-0.2, 0) is 14.3 Å². The van der Waals surface area contributed by atoms with Crippen molar-refractivity contribution >= 4 is 45.1 Å². The number of amides is 1. The van der Waals surface area contributed by atoms with Crippen molar-refractivity contribution in [1.29, 1.82) is 0 Å². The second-order valence-electron chi connectivity index (χ2n) is 4.14. The number of carbonyl (C=O) groups is 2.